The first-order chi connectivity index (χ1) is 8.84. The Hall–Kier alpha value is -1.85. The van der Waals surface area contributed by atoms with Gasteiger partial charge in [-0.2, -0.15) is 0 Å². The van der Waals surface area contributed by atoms with E-state index in [1.165, 1.54) is 11.6 Å². The van der Waals surface area contributed by atoms with Gasteiger partial charge in [-0.05, 0) is 12.3 Å². The highest BCUT2D eigenvalue weighted by Gasteiger charge is 2.16. The highest BCUT2D eigenvalue weighted by molar-refractivity contribution is 5.70. The molecular weight excluding hydrogens is 244 g/mol. The van der Waals surface area contributed by atoms with E-state index >= 15 is 0 Å². The summed E-state index contributed by atoms with van der Waals surface area (Å²) in [7, 11) is 4.96. The van der Waals surface area contributed by atoms with E-state index in [2.05, 4.69) is 18.8 Å². The van der Waals surface area contributed by atoms with Crippen LogP contribution in [0, 0.1) is 5.92 Å². The van der Waals surface area contributed by atoms with E-state index in [9.17, 15) is 9.59 Å². The van der Waals surface area contributed by atoms with Crippen LogP contribution >= 0.6 is 0 Å². The maximum absolute atomic E-state index is 12.2. The quantitative estimate of drug-likeness (QED) is 0.813. The Kier molecular flexibility index (Phi) is 3.34. The summed E-state index contributed by atoms with van der Waals surface area (Å²) in [4.78, 5) is 28.5. The minimum absolute atomic E-state index is 0.288. The Labute approximate surface area is 111 Å². The third-order valence-corrected chi connectivity index (χ3v) is 3.51. The normalized spacial score (nSPS) is 11.7. The molecule has 0 atom stereocenters. The summed E-state index contributed by atoms with van der Waals surface area (Å²) in [5.74, 6) is 1.42. The summed E-state index contributed by atoms with van der Waals surface area (Å²) in [6.45, 7) is 4.30. The lowest BCUT2D eigenvalue weighted by atomic mass is 10.1. The molecule has 19 heavy (non-hydrogen) atoms. The fourth-order valence-corrected chi connectivity index (χ4v) is 2.20. The van der Waals surface area contributed by atoms with E-state index in [4.69, 9.17) is 0 Å². The topological polar surface area (TPSA) is 61.8 Å². The predicted molar refractivity (Wildman–Crippen MR) is 74.4 cm³/mol. The first-order valence-electron chi connectivity index (χ1n) is 6.46. The van der Waals surface area contributed by atoms with E-state index in [1.807, 2.05) is 7.05 Å². The van der Waals surface area contributed by atoms with Crippen LogP contribution in [0.2, 0.25) is 0 Å². The molecule has 0 aliphatic rings. The van der Waals surface area contributed by atoms with Crippen LogP contribution in [-0.2, 0) is 27.6 Å². The molecule has 104 valence electrons. The van der Waals surface area contributed by atoms with Crippen LogP contribution in [-0.4, -0.2) is 18.7 Å². The second kappa shape index (κ2) is 4.68. The maximum Gasteiger partial charge on any atom is 0.332 e. The fraction of sp³-hybridized carbons (Fsp3) is 0.615. The van der Waals surface area contributed by atoms with Crippen molar-refractivity contribution in [1.82, 2.24) is 18.7 Å². The summed E-state index contributed by atoms with van der Waals surface area (Å²) >= 11 is 0. The minimum atomic E-state index is -0.342. The number of hydrogen-bond donors (Lipinski definition) is 0. The standard InChI is InChI=1S/C13H20N4O2/c1-8(2)6-7-9-14-11-10(15(9)3)12(18)17(5)13(19)16(11)4/h8H,6-7H2,1-5H3. The van der Waals surface area contributed by atoms with Crippen molar-refractivity contribution in [2.75, 3.05) is 0 Å². The van der Waals surface area contributed by atoms with Crippen molar-refractivity contribution in [3.05, 3.63) is 26.7 Å². The Balaban J connectivity index is 2.70. The van der Waals surface area contributed by atoms with Crippen LogP contribution in [0.4, 0.5) is 0 Å². The van der Waals surface area contributed by atoms with Crippen LogP contribution in [0.3, 0.4) is 0 Å². The van der Waals surface area contributed by atoms with E-state index in [1.54, 1.807) is 11.6 Å². The second-order valence-corrected chi connectivity index (χ2v) is 5.40. The van der Waals surface area contributed by atoms with Crippen molar-refractivity contribution in [1.29, 1.82) is 0 Å². The molecule has 0 radical (unpaired) electrons. The van der Waals surface area contributed by atoms with Crippen LogP contribution in [0.15, 0.2) is 9.59 Å². The molecule has 2 aromatic rings. The molecule has 0 amide bonds. The number of imidazole rings is 1. The molecule has 0 spiro atoms. The zero-order valence-electron chi connectivity index (χ0n) is 12.1. The smallest absolute Gasteiger partial charge is 0.325 e. The van der Waals surface area contributed by atoms with Gasteiger partial charge < -0.3 is 4.57 Å². The molecule has 6 heteroatoms. The van der Waals surface area contributed by atoms with Gasteiger partial charge in [0.05, 0.1) is 0 Å². The third-order valence-electron chi connectivity index (χ3n) is 3.51. The van der Waals surface area contributed by atoms with E-state index in [-0.39, 0.29) is 11.2 Å². The summed E-state index contributed by atoms with van der Waals surface area (Å²) in [5, 5.41) is 0. The number of hydrogen-bond acceptors (Lipinski definition) is 3. The van der Waals surface area contributed by atoms with Gasteiger partial charge >= 0.3 is 5.69 Å². The fourth-order valence-electron chi connectivity index (χ4n) is 2.20. The van der Waals surface area contributed by atoms with Crippen molar-refractivity contribution in [3.63, 3.8) is 0 Å². The van der Waals surface area contributed by atoms with Crippen molar-refractivity contribution in [3.8, 4) is 0 Å². The van der Waals surface area contributed by atoms with Gasteiger partial charge in [-0.15, -0.1) is 0 Å². The molecule has 0 fully saturated rings. The highest BCUT2D eigenvalue weighted by Crippen LogP contribution is 2.12. The second-order valence-electron chi connectivity index (χ2n) is 5.40. The third kappa shape index (κ3) is 2.11. The zero-order valence-corrected chi connectivity index (χ0v) is 12.1. The predicted octanol–water partition coefficient (Wildman–Crippen LogP) is 0.559. The lowest BCUT2D eigenvalue weighted by molar-refractivity contribution is 0.568. The minimum Gasteiger partial charge on any atom is -0.325 e. The molecule has 6 nitrogen and oxygen atoms in total. The molecule has 0 aliphatic carbocycles. The maximum atomic E-state index is 12.2. The molecular formula is C13H20N4O2. The first-order valence-corrected chi connectivity index (χ1v) is 6.46. The van der Waals surface area contributed by atoms with E-state index < -0.39 is 0 Å². The zero-order chi connectivity index (χ0) is 14.3. The molecule has 0 aliphatic heterocycles. The number of fused-ring (bicyclic) bond motifs is 1. The van der Waals surface area contributed by atoms with Gasteiger partial charge in [0.2, 0.25) is 0 Å². The summed E-state index contributed by atoms with van der Waals surface area (Å²) in [5.41, 5.74) is 0.326. The van der Waals surface area contributed by atoms with Gasteiger partial charge in [-0.1, -0.05) is 13.8 Å². The molecule has 0 saturated heterocycles. The highest BCUT2D eigenvalue weighted by atomic mass is 16.2. The van der Waals surface area contributed by atoms with Crippen LogP contribution < -0.4 is 11.2 Å². The lowest BCUT2D eigenvalue weighted by Crippen LogP contribution is -2.37. The van der Waals surface area contributed by atoms with Crippen LogP contribution in [0.25, 0.3) is 11.2 Å². The van der Waals surface area contributed by atoms with Gasteiger partial charge in [0.25, 0.3) is 5.56 Å². The van der Waals surface area contributed by atoms with Crippen molar-refractivity contribution in [2.45, 2.75) is 26.7 Å². The Morgan fingerprint density at radius 2 is 1.68 bits per heavy atom. The van der Waals surface area contributed by atoms with Gasteiger partial charge in [-0.25, -0.2) is 9.78 Å². The lowest BCUT2D eigenvalue weighted by Gasteiger charge is -2.05. The summed E-state index contributed by atoms with van der Waals surface area (Å²) < 4.78 is 4.35. The molecule has 0 unspecified atom stereocenters. The molecule has 2 heterocycles. The van der Waals surface area contributed by atoms with Crippen molar-refractivity contribution >= 4 is 11.2 Å². The Morgan fingerprint density at radius 1 is 1.05 bits per heavy atom. The van der Waals surface area contributed by atoms with E-state index in [0.29, 0.717) is 17.1 Å². The average molecular weight is 264 g/mol. The van der Waals surface area contributed by atoms with Gasteiger partial charge in [0.15, 0.2) is 11.2 Å². The molecule has 0 bridgehead atoms. The molecule has 0 N–H and O–H groups in total. The molecule has 0 aromatic carbocycles. The SMILES string of the molecule is CC(C)CCc1nc2c(c(=O)n(C)c(=O)n2C)n1C. The number of rotatable bonds is 3. The average Bonchev–Trinajstić information content (AvgIpc) is 2.69. The van der Waals surface area contributed by atoms with Crippen LogP contribution in [0.5, 0.6) is 0 Å². The monoisotopic (exact) mass is 264 g/mol. The number of aromatic nitrogens is 4. The Bertz CT molecular complexity index is 734. The first kappa shape index (κ1) is 13.6. The Morgan fingerprint density at radius 3 is 2.26 bits per heavy atom. The summed E-state index contributed by atoms with van der Waals surface area (Å²) in [6, 6.07) is 0. The van der Waals surface area contributed by atoms with Gasteiger partial charge in [0.1, 0.15) is 5.82 Å². The van der Waals surface area contributed by atoms with E-state index in [0.717, 1.165) is 23.2 Å². The van der Waals surface area contributed by atoms with Gasteiger partial charge in [-0.3, -0.25) is 13.9 Å². The molecule has 0 saturated carbocycles. The number of nitrogens with zero attached hydrogens (tertiary/aromatic N) is 4. The molecule has 2 aromatic heterocycles. The largest absolute Gasteiger partial charge is 0.332 e. The summed E-state index contributed by atoms with van der Waals surface area (Å²) in [6.07, 6.45) is 1.81. The number of aryl methyl sites for hydroxylation is 3. The van der Waals surface area contributed by atoms with Crippen LogP contribution in [0.1, 0.15) is 26.1 Å². The van der Waals surface area contributed by atoms with Gasteiger partial charge in [0, 0.05) is 27.6 Å². The van der Waals surface area contributed by atoms with Crippen molar-refractivity contribution < 1.29 is 0 Å². The molecule has 2 rings (SSSR count). The van der Waals surface area contributed by atoms with Crippen molar-refractivity contribution in [2.24, 2.45) is 27.1 Å².